The van der Waals surface area contributed by atoms with Crippen molar-refractivity contribution in [1.29, 1.82) is 0 Å². The molecule has 0 fully saturated rings. The molecule has 0 aromatic heterocycles. The zero-order chi connectivity index (χ0) is 5.82. The quantitative estimate of drug-likeness (QED) is 0.483. The molecule has 0 bridgehead atoms. The monoisotopic (exact) mass is 104 g/mol. The predicted octanol–water partition coefficient (Wildman–Crippen LogP) is 0.574. The van der Waals surface area contributed by atoms with Crippen molar-refractivity contribution < 1.29 is 0 Å². The van der Waals surface area contributed by atoms with Crippen LogP contribution in [0.2, 0.25) is 0 Å². The first-order chi connectivity index (χ1) is 3.93. The molecule has 0 saturated carbocycles. The second kappa shape index (κ2) is 2.41. The van der Waals surface area contributed by atoms with Gasteiger partial charge in [-0.05, 0) is 6.20 Å². The Morgan fingerprint density at radius 1 is 1.62 bits per heavy atom. The number of hydrogen-bond donors (Lipinski definition) is 1. The molecule has 1 radical (unpaired) electrons. The van der Waals surface area contributed by atoms with E-state index >= 15 is 0 Å². The molecule has 2 heteroatoms. The summed E-state index contributed by atoms with van der Waals surface area (Å²) in [6.07, 6.45) is 7.38. The lowest BCUT2D eigenvalue weighted by molar-refractivity contribution is 1.59. The molecule has 39 valence electrons. The van der Waals surface area contributed by atoms with Crippen LogP contribution < -0.4 is 5.73 Å². The van der Waals surface area contributed by atoms with Crippen LogP contribution in [0.1, 0.15) is 0 Å². The summed E-state index contributed by atoms with van der Waals surface area (Å²) in [5.41, 5.74) is 6.30. The molecular weight excluding hydrogens is 96.9 g/mol. The molecule has 0 spiro atoms. The van der Waals surface area contributed by atoms with Crippen molar-refractivity contribution in [3.8, 4) is 0 Å². The Bertz CT molecular complexity index is 156. The molecule has 1 nitrogen and oxygen atoms in total. The molecule has 0 aromatic rings. The van der Waals surface area contributed by atoms with E-state index in [2.05, 4.69) is 0 Å². The Morgan fingerprint density at radius 2 is 2.50 bits per heavy atom. The third-order valence-electron chi connectivity index (χ3n) is 0.977. The SMILES string of the molecule is N/C=C/C1=CC=C[B]1. The van der Waals surface area contributed by atoms with E-state index in [0.717, 1.165) is 5.47 Å². The second-order valence-corrected chi connectivity index (χ2v) is 1.58. The lowest BCUT2D eigenvalue weighted by atomic mass is 9.73. The lowest BCUT2D eigenvalue weighted by Crippen LogP contribution is -1.85. The van der Waals surface area contributed by atoms with Gasteiger partial charge in [0, 0.05) is 0 Å². The highest BCUT2D eigenvalue weighted by molar-refractivity contribution is 6.53. The maximum atomic E-state index is 5.14. The highest BCUT2D eigenvalue weighted by Gasteiger charge is 1.93. The smallest absolute Gasteiger partial charge is 0.181 e. The van der Waals surface area contributed by atoms with Crippen LogP contribution in [-0.4, -0.2) is 7.28 Å². The summed E-state index contributed by atoms with van der Waals surface area (Å²) >= 11 is 0. The normalized spacial score (nSPS) is 16.8. The van der Waals surface area contributed by atoms with Crippen LogP contribution in [0.4, 0.5) is 0 Å². The molecule has 0 aliphatic carbocycles. The van der Waals surface area contributed by atoms with Crippen molar-refractivity contribution in [3.63, 3.8) is 0 Å². The van der Waals surface area contributed by atoms with Gasteiger partial charge in [0.1, 0.15) is 0 Å². The summed E-state index contributed by atoms with van der Waals surface area (Å²) in [7, 11) is 2.00. The van der Waals surface area contributed by atoms with Gasteiger partial charge >= 0.3 is 0 Å². The minimum absolute atomic E-state index is 1.16. The highest BCUT2D eigenvalue weighted by Crippen LogP contribution is 2.00. The fraction of sp³-hybridized carbons (Fsp3) is 0. The van der Waals surface area contributed by atoms with Crippen LogP contribution in [0.3, 0.4) is 0 Å². The van der Waals surface area contributed by atoms with Crippen molar-refractivity contribution in [1.82, 2.24) is 0 Å². The molecule has 1 aliphatic rings. The fourth-order valence-corrected chi connectivity index (χ4v) is 0.611. The largest absolute Gasteiger partial charge is 0.405 e. The Kier molecular flexibility index (Phi) is 1.57. The van der Waals surface area contributed by atoms with Gasteiger partial charge in [0.25, 0.3) is 0 Å². The molecule has 0 amide bonds. The maximum Gasteiger partial charge on any atom is 0.181 e. The minimum Gasteiger partial charge on any atom is -0.405 e. The first kappa shape index (κ1) is 5.23. The van der Waals surface area contributed by atoms with E-state index in [1.165, 1.54) is 6.20 Å². The Labute approximate surface area is 49.8 Å². The average Bonchev–Trinajstić information content (AvgIpc) is 2.19. The van der Waals surface area contributed by atoms with E-state index in [9.17, 15) is 0 Å². The van der Waals surface area contributed by atoms with Crippen molar-refractivity contribution in [2.24, 2.45) is 5.73 Å². The molecule has 0 atom stereocenters. The number of nitrogens with two attached hydrogens (primary N) is 1. The van der Waals surface area contributed by atoms with E-state index in [1.807, 2.05) is 31.5 Å². The minimum atomic E-state index is 1.16. The van der Waals surface area contributed by atoms with Gasteiger partial charge in [-0.25, -0.2) is 0 Å². The first-order valence-electron chi connectivity index (χ1n) is 2.53. The maximum absolute atomic E-state index is 5.14. The van der Waals surface area contributed by atoms with Gasteiger partial charge < -0.3 is 5.73 Å². The van der Waals surface area contributed by atoms with Gasteiger partial charge in [-0.1, -0.05) is 23.7 Å². The molecule has 0 aromatic carbocycles. The first-order valence-corrected chi connectivity index (χ1v) is 2.53. The molecule has 1 heterocycles. The van der Waals surface area contributed by atoms with E-state index in [4.69, 9.17) is 5.73 Å². The van der Waals surface area contributed by atoms with Crippen LogP contribution in [-0.2, 0) is 0 Å². The van der Waals surface area contributed by atoms with Gasteiger partial charge in [0.05, 0.1) is 0 Å². The molecule has 0 saturated heterocycles. The average molecular weight is 104 g/mol. The molecule has 2 N–H and O–H groups in total. The van der Waals surface area contributed by atoms with Crippen LogP contribution in [0.15, 0.2) is 35.9 Å². The summed E-state index contributed by atoms with van der Waals surface area (Å²) in [4.78, 5) is 0. The Morgan fingerprint density at radius 3 is 3.00 bits per heavy atom. The molecule has 8 heavy (non-hydrogen) atoms. The Balaban J connectivity index is 2.51. The second-order valence-electron chi connectivity index (χ2n) is 1.58. The van der Waals surface area contributed by atoms with Gasteiger partial charge in [0.2, 0.25) is 0 Å². The van der Waals surface area contributed by atoms with E-state index in [0.29, 0.717) is 0 Å². The van der Waals surface area contributed by atoms with E-state index < -0.39 is 0 Å². The topological polar surface area (TPSA) is 26.0 Å². The predicted molar refractivity (Wildman–Crippen MR) is 36.3 cm³/mol. The molecule has 1 aliphatic heterocycles. The summed E-state index contributed by atoms with van der Waals surface area (Å²) in [5.74, 6) is 1.98. The zero-order valence-electron chi connectivity index (χ0n) is 4.54. The summed E-state index contributed by atoms with van der Waals surface area (Å²) in [5, 5.41) is 0. The summed E-state index contributed by atoms with van der Waals surface area (Å²) in [6, 6.07) is 0. The van der Waals surface area contributed by atoms with Crippen molar-refractivity contribution in [2.75, 3.05) is 0 Å². The van der Waals surface area contributed by atoms with Crippen LogP contribution in [0, 0.1) is 0 Å². The molecule has 1 rings (SSSR count). The molecule has 0 unspecified atom stereocenters. The molecular formula is C6H7BN. The number of rotatable bonds is 1. The van der Waals surface area contributed by atoms with Crippen molar-refractivity contribution in [2.45, 2.75) is 0 Å². The van der Waals surface area contributed by atoms with Gasteiger partial charge in [0.15, 0.2) is 7.28 Å². The van der Waals surface area contributed by atoms with E-state index in [-0.39, 0.29) is 0 Å². The van der Waals surface area contributed by atoms with Gasteiger partial charge in [-0.3, -0.25) is 0 Å². The van der Waals surface area contributed by atoms with Crippen LogP contribution >= 0.6 is 0 Å². The van der Waals surface area contributed by atoms with Crippen molar-refractivity contribution in [3.05, 3.63) is 35.9 Å². The van der Waals surface area contributed by atoms with Gasteiger partial charge in [-0.2, -0.15) is 0 Å². The zero-order valence-corrected chi connectivity index (χ0v) is 4.54. The standard InChI is InChI=1S/C6H7BN/c8-5-3-6-2-1-4-7-6/h1-5H,8H2/b5-3+. The Hall–Kier alpha value is -0.915. The number of allylic oxidation sites excluding steroid dienone is 4. The fourth-order valence-electron chi connectivity index (χ4n) is 0.611. The van der Waals surface area contributed by atoms with Crippen molar-refractivity contribution >= 4 is 7.28 Å². The lowest BCUT2D eigenvalue weighted by Gasteiger charge is -1.83. The van der Waals surface area contributed by atoms with E-state index in [1.54, 1.807) is 0 Å². The highest BCUT2D eigenvalue weighted by atomic mass is 14.5. The third kappa shape index (κ3) is 1.03. The van der Waals surface area contributed by atoms with Crippen LogP contribution in [0.5, 0.6) is 0 Å². The summed E-state index contributed by atoms with van der Waals surface area (Å²) < 4.78 is 0. The van der Waals surface area contributed by atoms with Gasteiger partial charge in [-0.15, -0.1) is 5.98 Å². The summed E-state index contributed by atoms with van der Waals surface area (Å²) in [6.45, 7) is 0. The third-order valence-corrected chi connectivity index (χ3v) is 0.977. The van der Waals surface area contributed by atoms with Crippen LogP contribution in [0.25, 0.3) is 0 Å². The number of hydrogen-bond acceptors (Lipinski definition) is 1.